The number of nitro groups is 1. The summed E-state index contributed by atoms with van der Waals surface area (Å²) in [5.41, 5.74) is 5.75. The van der Waals surface area contributed by atoms with E-state index in [1.807, 2.05) is 0 Å². The fourth-order valence-electron chi connectivity index (χ4n) is 1.66. The maximum atomic E-state index is 11.0. The van der Waals surface area contributed by atoms with Crippen molar-refractivity contribution in [2.75, 3.05) is 20.8 Å². The van der Waals surface area contributed by atoms with Gasteiger partial charge >= 0.3 is 0 Å². The average molecular weight is 275 g/mol. The highest BCUT2D eigenvalue weighted by Crippen LogP contribution is 2.42. The van der Waals surface area contributed by atoms with Crippen LogP contribution in [-0.4, -0.2) is 25.7 Å². The Bertz CT molecular complexity index is 451. The molecule has 0 heterocycles. The van der Waals surface area contributed by atoms with E-state index in [9.17, 15) is 10.1 Å². The third kappa shape index (κ3) is 2.83. The van der Waals surface area contributed by atoms with Crippen LogP contribution in [-0.2, 0) is 6.42 Å². The summed E-state index contributed by atoms with van der Waals surface area (Å²) in [4.78, 5) is 10.5. The first kappa shape index (κ1) is 14.5. The quantitative estimate of drug-likeness (QED) is 0.634. The summed E-state index contributed by atoms with van der Waals surface area (Å²) in [6.07, 6.45) is 1.03. The molecule has 0 unspecified atom stereocenters. The summed E-state index contributed by atoms with van der Waals surface area (Å²) in [6.45, 7) is 0.432. The first-order valence-electron chi connectivity index (χ1n) is 5.34. The zero-order chi connectivity index (χ0) is 13.7. The lowest BCUT2D eigenvalue weighted by molar-refractivity contribution is -0.385. The van der Waals surface area contributed by atoms with Gasteiger partial charge in [-0.15, -0.1) is 0 Å². The van der Waals surface area contributed by atoms with E-state index in [1.165, 1.54) is 20.3 Å². The van der Waals surface area contributed by atoms with Gasteiger partial charge in [0.05, 0.1) is 35.8 Å². The second-order valence-electron chi connectivity index (χ2n) is 3.57. The molecule has 0 aliphatic carbocycles. The summed E-state index contributed by atoms with van der Waals surface area (Å²) >= 11 is 6.13. The van der Waals surface area contributed by atoms with E-state index < -0.39 is 4.92 Å². The molecule has 0 aromatic heterocycles. The van der Waals surface area contributed by atoms with Gasteiger partial charge in [-0.3, -0.25) is 10.1 Å². The summed E-state index contributed by atoms with van der Waals surface area (Å²) in [6, 6.07) is 1.32. The van der Waals surface area contributed by atoms with Crippen LogP contribution in [0.2, 0.25) is 5.02 Å². The number of ether oxygens (including phenoxy) is 2. The van der Waals surface area contributed by atoms with Gasteiger partial charge in [0.25, 0.3) is 5.69 Å². The van der Waals surface area contributed by atoms with Gasteiger partial charge in [0.1, 0.15) is 0 Å². The van der Waals surface area contributed by atoms with Crippen LogP contribution in [0.3, 0.4) is 0 Å². The average Bonchev–Trinajstić information content (AvgIpc) is 2.35. The number of rotatable bonds is 6. The van der Waals surface area contributed by atoms with Crippen LogP contribution >= 0.6 is 11.6 Å². The van der Waals surface area contributed by atoms with E-state index in [-0.39, 0.29) is 16.5 Å². The molecule has 7 heteroatoms. The molecule has 0 fully saturated rings. The molecule has 1 aromatic carbocycles. The molecule has 18 heavy (non-hydrogen) atoms. The minimum Gasteiger partial charge on any atom is -0.493 e. The molecule has 100 valence electrons. The summed E-state index contributed by atoms with van der Waals surface area (Å²) in [5, 5.41) is 11.2. The Morgan fingerprint density at radius 2 is 2.11 bits per heavy atom. The van der Waals surface area contributed by atoms with Crippen LogP contribution in [0.25, 0.3) is 0 Å². The van der Waals surface area contributed by atoms with E-state index in [0.29, 0.717) is 30.7 Å². The third-order valence-electron chi connectivity index (χ3n) is 2.52. The number of hydrogen-bond donors (Lipinski definition) is 1. The van der Waals surface area contributed by atoms with Crippen LogP contribution in [0.1, 0.15) is 12.0 Å². The van der Waals surface area contributed by atoms with Crippen molar-refractivity contribution in [3.63, 3.8) is 0 Å². The molecule has 0 radical (unpaired) electrons. The van der Waals surface area contributed by atoms with Crippen LogP contribution in [0, 0.1) is 10.1 Å². The zero-order valence-electron chi connectivity index (χ0n) is 10.2. The minimum atomic E-state index is -0.486. The normalized spacial score (nSPS) is 10.2. The number of hydrogen-bond acceptors (Lipinski definition) is 5. The van der Waals surface area contributed by atoms with Crippen molar-refractivity contribution < 1.29 is 14.4 Å². The molecule has 6 nitrogen and oxygen atoms in total. The van der Waals surface area contributed by atoms with Crippen LogP contribution in [0.15, 0.2) is 6.07 Å². The van der Waals surface area contributed by atoms with Crippen molar-refractivity contribution in [2.24, 2.45) is 5.73 Å². The molecule has 0 aliphatic rings. The first-order chi connectivity index (χ1) is 8.56. The van der Waals surface area contributed by atoms with Crippen LogP contribution in [0.4, 0.5) is 5.69 Å². The number of methoxy groups -OCH3 is 2. The van der Waals surface area contributed by atoms with E-state index in [1.54, 1.807) is 0 Å². The van der Waals surface area contributed by atoms with Crippen molar-refractivity contribution in [3.05, 3.63) is 26.8 Å². The van der Waals surface area contributed by atoms with Crippen molar-refractivity contribution >= 4 is 17.3 Å². The fourth-order valence-corrected chi connectivity index (χ4v) is 2.02. The number of nitro benzene ring substituents is 1. The van der Waals surface area contributed by atoms with Crippen LogP contribution < -0.4 is 15.2 Å². The SMILES string of the molecule is COc1cc([N+](=O)[O-])c(CCCN)c(Cl)c1OC. The summed E-state index contributed by atoms with van der Waals surface area (Å²) < 4.78 is 10.1. The molecule has 0 bridgehead atoms. The molecule has 2 N–H and O–H groups in total. The van der Waals surface area contributed by atoms with E-state index in [2.05, 4.69) is 0 Å². The number of benzene rings is 1. The van der Waals surface area contributed by atoms with E-state index in [0.717, 1.165) is 0 Å². The second-order valence-corrected chi connectivity index (χ2v) is 3.95. The molecule has 0 atom stereocenters. The van der Waals surface area contributed by atoms with Crippen LogP contribution in [0.5, 0.6) is 11.5 Å². The number of nitrogens with two attached hydrogens (primary N) is 1. The fraction of sp³-hybridized carbons (Fsp3) is 0.455. The van der Waals surface area contributed by atoms with Gasteiger partial charge in [0, 0.05) is 0 Å². The summed E-state index contributed by atoms with van der Waals surface area (Å²) in [7, 11) is 2.83. The molecular weight excluding hydrogens is 260 g/mol. The summed E-state index contributed by atoms with van der Waals surface area (Å²) in [5.74, 6) is 0.544. The molecule has 1 rings (SSSR count). The maximum absolute atomic E-state index is 11.0. The topological polar surface area (TPSA) is 87.6 Å². The highest BCUT2D eigenvalue weighted by atomic mass is 35.5. The smallest absolute Gasteiger partial charge is 0.278 e. The molecule has 0 amide bonds. The number of nitrogens with zero attached hydrogens (tertiary/aromatic N) is 1. The lowest BCUT2D eigenvalue weighted by Crippen LogP contribution is -2.05. The van der Waals surface area contributed by atoms with Gasteiger partial charge in [0.15, 0.2) is 11.5 Å². The largest absolute Gasteiger partial charge is 0.493 e. The Labute approximate surface area is 110 Å². The van der Waals surface area contributed by atoms with E-state index >= 15 is 0 Å². The predicted octanol–water partition coefficient (Wildman–Crippen LogP) is 2.16. The van der Waals surface area contributed by atoms with Gasteiger partial charge < -0.3 is 15.2 Å². The highest BCUT2D eigenvalue weighted by Gasteiger charge is 2.24. The maximum Gasteiger partial charge on any atom is 0.278 e. The predicted molar refractivity (Wildman–Crippen MR) is 68.6 cm³/mol. The molecule has 0 aliphatic heterocycles. The van der Waals surface area contributed by atoms with Gasteiger partial charge in [-0.05, 0) is 19.4 Å². The third-order valence-corrected chi connectivity index (χ3v) is 2.92. The number of halogens is 1. The monoisotopic (exact) mass is 274 g/mol. The zero-order valence-corrected chi connectivity index (χ0v) is 11.0. The van der Waals surface area contributed by atoms with E-state index in [4.69, 9.17) is 26.8 Å². The van der Waals surface area contributed by atoms with Crippen molar-refractivity contribution in [3.8, 4) is 11.5 Å². The lowest BCUT2D eigenvalue weighted by atomic mass is 10.1. The Morgan fingerprint density at radius 1 is 1.44 bits per heavy atom. The first-order valence-corrected chi connectivity index (χ1v) is 5.72. The Kier molecular flexibility index (Phi) is 5.18. The molecule has 1 aromatic rings. The van der Waals surface area contributed by atoms with Gasteiger partial charge in [-0.25, -0.2) is 0 Å². The molecule has 0 saturated heterocycles. The van der Waals surface area contributed by atoms with Crippen molar-refractivity contribution in [1.29, 1.82) is 0 Å². The molecule has 0 spiro atoms. The lowest BCUT2D eigenvalue weighted by Gasteiger charge is -2.13. The van der Waals surface area contributed by atoms with Crippen molar-refractivity contribution in [2.45, 2.75) is 12.8 Å². The van der Waals surface area contributed by atoms with Gasteiger partial charge in [0.2, 0.25) is 0 Å². The van der Waals surface area contributed by atoms with Gasteiger partial charge in [-0.1, -0.05) is 11.6 Å². The van der Waals surface area contributed by atoms with Crippen molar-refractivity contribution in [1.82, 2.24) is 0 Å². The Hall–Kier alpha value is -1.53. The van der Waals surface area contributed by atoms with Gasteiger partial charge in [-0.2, -0.15) is 0 Å². The highest BCUT2D eigenvalue weighted by molar-refractivity contribution is 6.33. The molecular formula is C11H15ClN2O4. The Balaban J connectivity index is 3.39. The molecule has 0 saturated carbocycles. The standard InChI is InChI=1S/C11H15ClN2O4/c1-17-9-6-8(14(15)16)7(4-3-5-13)10(12)11(9)18-2/h6H,3-5,13H2,1-2H3. The minimum absolute atomic E-state index is 0.0777. The Morgan fingerprint density at radius 3 is 2.56 bits per heavy atom. The second kappa shape index (κ2) is 6.42.